The van der Waals surface area contributed by atoms with Gasteiger partial charge in [0, 0.05) is 11.3 Å². The van der Waals surface area contributed by atoms with Crippen LogP contribution < -0.4 is 0 Å². The van der Waals surface area contributed by atoms with Crippen LogP contribution in [0.25, 0.3) is 22.0 Å². The lowest BCUT2D eigenvalue weighted by atomic mass is 9.93. The number of fused-ring (bicyclic) bond motifs is 1. The average Bonchev–Trinajstić information content (AvgIpc) is 2.62. The average molecular weight is 319 g/mol. The molecule has 2 nitrogen and oxygen atoms in total. The van der Waals surface area contributed by atoms with Crippen molar-refractivity contribution in [2.24, 2.45) is 0 Å². The third-order valence-electron chi connectivity index (χ3n) is 4.14. The Hall–Kier alpha value is -2.45. The minimum absolute atomic E-state index is 0.244. The largest absolute Gasteiger partial charge is 0.223 e. The van der Waals surface area contributed by atoms with Crippen LogP contribution in [0.2, 0.25) is 5.28 Å². The van der Waals surface area contributed by atoms with Crippen molar-refractivity contribution in [2.45, 2.75) is 12.3 Å². The van der Waals surface area contributed by atoms with Crippen LogP contribution in [0.15, 0.2) is 72.8 Å². The molecule has 1 atom stereocenters. The van der Waals surface area contributed by atoms with Crippen molar-refractivity contribution in [1.29, 1.82) is 0 Å². The molecule has 1 aliphatic rings. The SMILES string of the molecule is Clc1nc(C2C=CC=CC2)c2cc(-c3ccccc3)ccc2n1. The lowest BCUT2D eigenvalue weighted by Gasteiger charge is -2.15. The second-order valence-electron chi connectivity index (χ2n) is 5.63. The zero-order valence-corrected chi connectivity index (χ0v) is 13.2. The van der Waals surface area contributed by atoms with E-state index in [2.05, 4.69) is 58.5 Å². The fourth-order valence-electron chi connectivity index (χ4n) is 3.00. The van der Waals surface area contributed by atoms with E-state index < -0.39 is 0 Å². The van der Waals surface area contributed by atoms with Crippen LogP contribution in [0.4, 0.5) is 0 Å². The number of hydrogen-bond donors (Lipinski definition) is 0. The van der Waals surface area contributed by atoms with Gasteiger partial charge >= 0.3 is 0 Å². The first-order valence-corrected chi connectivity index (χ1v) is 8.05. The van der Waals surface area contributed by atoms with Gasteiger partial charge in [0.1, 0.15) is 0 Å². The van der Waals surface area contributed by atoms with Gasteiger partial charge < -0.3 is 0 Å². The van der Waals surface area contributed by atoms with Gasteiger partial charge in [-0.1, -0.05) is 60.7 Å². The van der Waals surface area contributed by atoms with Gasteiger partial charge in [0.05, 0.1) is 11.2 Å². The Kier molecular flexibility index (Phi) is 3.68. The van der Waals surface area contributed by atoms with Crippen molar-refractivity contribution in [3.63, 3.8) is 0 Å². The number of aromatic nitrogens is 2. The summed E-state index contributed by atoms with van der Waals surface area (Å²) < 4.78 is 0. The van der Waals surface area contributed by atoms with E-state index in [1.165, 1.54) is 11.1 Å². The monoisotopic (exact) mass is 318 g/mol. The minimum atomic E-state index is 0.244. The molecule has 1 unspecified atom stereocenters. The van der Waals surface area contributed by atoms with Crippen molar-refractivity contribution in [3.05, 3.63) is 83.8 Å². The van der Waals surface area contributed by atoms with Gasteiger partial charge in [0.15, 0.2) is 0 Å². The molecule has 1 aromatic heterocycles. The van der Waals surface area contributed by atoms with E-state index in [9.17, 15) is 0 Å². The lowest BCUT2D eigenvalue weighted by molar-refractivity contribution is 0.821. The van der Waals surface area contributed by atoms with Crippen LogP contribution in [0, 0.1) is 0 Å². The Morgan fingerprint density at radius 3 is 2.57 bits per heavy atom. The molecule has 3 aromatic rings. The summed E-state index contributed by atoms with van der Waals surface area (Å²) in [5.41, 5.74) is 4.25. The van der Waals surface area contributed by atoms with E-state index in [0.717, 1.165) is 23.0 Å². The van der Waals surface area contributed by atoms with Gasteiger partial charge in [0.2, 0.25) is 5.28 Å². The van der Waals surface area contributed by atoms with Gasteiger partial charge in [-0.25, -0.2) is 9.97 Å². The molecule has 0 fully saturated rings. The molecule has 0 amide bonds. The molecule has 0 radical (unpaired) electrons. The second-order valence-corrected chi connectivity index (χ2v) is 5.97. The molecule has 0 saturated heterocycles. The predicted octanol–water partition coefficient (Wildman–Crippen LogP) is 5.55. The number of benzene rings is 2. The van der Waals surface area contributed by atoms with E-state index in [0.29, 0.717) is 5.28 Å². The van der Waals surface area contributed by atoms with Gasteiger partial charge in [0.25, 0.3) is 0 Å². The standard InChI is InChI=1S/C20H15ClN2/c21-20-22-18-12-11-16(14-7-3-1-4-8-14)13-17(18)19(23-20)15-9-5-2-6-10-15/h1-9,11-13,15H,10H2. The van der Waals surface area contributed by atoms with Crippen LogP contribution in [-0.4, -0.2) is 9.97 Å². The van der Waals surface area contributed by atoms with E-state index in [4.69, 9.17) is 11.6 Å². The minimum Gasteiger partial charge on any atom is -0.222 e. The lowest BCUT2D eigenvalue weighted by Crippen LogP contribution is -2.02. The summed E-state index contributed by atoms with van der Waals surface area (Å²) in [7, 11) is 0. The first-order valence-electron chi connectivity index (χ1n) is 7.67. The smallest absolute Gasteiger partial charge is 0.222 e. The van der Waals surface area contributed by atoms with Crippen molar-refractivity contribution in [3.8, 4) is 11.1 Å². The first kappa shape index (κ1) is 14.2. The fraction of sp³-hybridized carbons (Fsp3) is 0.100. The van der Waals surface area contributed by atoms with Crippen molar-refractivity contribution in [2.75, 3.05) is 0 Å². The first-order chi connectivity index (χ1) is 11.3. The Labute approximate surface area is 140 Å². The Morgan fingerprint density at radius 2 is 1.78 bits per heavy atom. The molecule has 2 aromatic carbocycles. The summed E-state index contributed by atoms with van der Waals surface area (Å²) in [6.07, 6.45) is 9.41. The van der Waals surface area contributed by atoms with Gasteiger partial charge in [-0.3, -0.25) is 0 Å². The van der Waals surface area contributed by atoms with E-state index in [-0.39, 0.29) is 5.92 Å². The summed E-state index contributed by atoms with van der Waals surface area (Å²) in [6, 6.07) is 16.6. The highest BCUT2D eigenvalue weighted by Crippen LogP contribution is 2.32. The van der Waals surface area contributed by atoms with Crippen LogP contribution in [-0.2, 0) is 0 Å². The maximum atomic E-state index is 6.14. The van der Waals surface area contributed by atoms with Crippen LogP contribution in [0.1, 0.15) is 18.0 Å². The zero-order valence-electron chi connectivity index (χ0n) is 12.5. The predicted molar refractivity (Wildman–Crippen MR) is 95.6 cm³/mol. The molecule has 1 aliphatic carbocycles. The number of nitrogens with zero attached hydrogens (tertiary/aromatic N) is 2. The number of hydrogen-bond acceptors (Lipinski definition) is 2. The quantitative estimate of drug-likeness (QED) is 0.579. The highest BCUT2D eigenvalue weighted by atomic mass is 35.5. The third kappa shape index (κ3) is 2.78. The second kappa shape index (κ2) is 5.98. The Balaban J connectivity index is 1.91. The molecule has 0 aliphatic heterocycles. The molecule has 0 bridgehead atoms. The van der Waals surface area contributed by atoms with Crippen LogP contribution >= 0.6 is 11.6 Å². The highest BCUT2D eigenvalue weighted by molar-refractivity contribution is 6.28. The Morgan fingerprint density at radius 1 is 0.913 bits per heavy atom. The van der Waals surface area contributed by atoms with Crippen LogP contribution in [0.5, 0.6) is 0 Å². The molecule has 4 rings (SSSR count). The summed E-state index contributed by atoms with van der Waals surface area (Å²) in [5, 5.41) is 1.38. The van der Waals surface area contributed by atoms with Crippen LogP contribution in [0.3, 0.4) is 0 Å². The molecule has 3 heteroatoms. The summed E-state index contributed by atoms with van der Waals surface area (Å²) in [4.78, 5) is 8.91. The number of rotatable bonds is 2. The van der Waals surface area contributed by atoms with Crippen molar-refractivity contribution >= 4 is 22.5 Å². The maximum Gasteiger partial charge on any atom is 0.223 e. The van der Waals surface area contributed by atoms with Gasteiger partial charge in [-0.05, 0) is 41.3 Å². The molecule has 23 heavy (non-hydrogen) atoms. The highest BCUT2D eigenvalue weighted by Gasteiger charge is 2.16. The molecular formula is C20H15ClN2. The summed E-state index contributed by atoms with van der Waals surface area (Å²) >= 11 is 6.14. The van der Waals surface area contributed by atoms with E-state index in [1.54, 1.807) is 0 Å². The molecule has 112 valence electrons. The Bertz CT molecular complexity index is 914. The van der Waals surface area contributed by atoms with Crippen molar-refractivity contribution in [1.82, 2.24) is 9.97 Å². The zero-order chi connectivity index (χ0) is 15.6. The summed E-state index contributed by atoms with van der Waals surface area (Å²) in [6.45, 7) is 0. The van der Waals surface area contributed by atoms with Crippen molar-refractivity contribution < 1.29 is 0 Å². The van der Waals surface area contributed by atoms with E-state index >= 15 is 0 Å². The normalized spacial score (nSPS) is 16.8. The maximum absolute atomic E-state index is 6.14. The molecule has 1 heterocycles. The molecule has 0 N–H and O–H groups in total. The molecule has 0 saturated carbocycles. The third-order valence-corrected chi connectivity index (χ3v) is 4.31. The summed E-state index contributed by atoms with van der Waals surface area (Å²) in [5.74, 6) is 0.244. The molecule has 0 spiro atoms. The topological polar surface area (TPSA) is 25.8 Å². The van der Waals surface area contributed by atoms with Gasteiger partial charge in [-0.2, -0.15) is 0 Å². The molecular weight excluding hydrogens is 304 g/mol. The van der Waals surface area contributed by atoms with Gasteiger partial charge in [-0.15, -0.1) is 0 Å². The number of halogens is 1. The fourth-order valence-corrected chi connectivity index (χ4v) is 3.18. The number of allylic oxidation sites excluding steroid dienone is 4. The van der Waals surface area contributed by atoms with E-state index in [1.807, 2.05) is 24.3 Å².